The van der Waals surface area contributed by atoms with E-state index in [1.165, 1.54) is 0 Å². The molecule has 0 amide bonds. The average molecular weight is 250 g/mol. The van der Waals surface area contributed by atoms with Gasteiger partial charge in [-0.1, -0.05) is 23.7 Å². The number of carbonyl (C=O) groups is 1. The molecule has 0 saturated heterocycles. The van der Waals surface area contributed by atoms with Crippen LogP contribution < -0.4 is 0 Å². The van der Waals surface area contributed by atoms with E-state index < -0.39 is 5.97 Å². The van der Waals surface area contributed by atoms with Gasteiger partial charge in [0.2, 0.25) is 0 Å². The lowest BCUT2D eigenvalue weighted by molar-refractivity contribution is 0.0685. The molecule has 0 spiro atoms. The summed E-state index contributed by atoms with van der Waals surface area (Å²) in [6.07, 6.45) is 2.56. The molecule has 4 heteroatoms. The summed E-state index contributed by atoms with van der Waals surface area (Å²) in [6, 6.07) is 10.9. The van der Waals surface area contributed by atoms with Crippen molar-refractivity contribution in [3.63, 3.8) is 0 Å². The number of hydrogen-bond acceptors (Lipinski definition) is 1. The minimum absolute atomic E-state index is 0.318. The molecule has 0 aliphatic carbocycles. The fourth-order valence-corrected chi connectivity index (χ4v) is 1.83. The zero-order valence-corrected chi connectivity index (χ0v) is 9.89. The highest BCUT2D eigenvalue weighted by molar-refractivity contribution is 6.30. The Morgan fingerprint density at radius 2 is 1.94 bits per heavy atom. The van der Waals surface area contributed by atoms with Crippen molar-refractivity contribution < 1.29 is 9.90 Å². The van der Waals surface area contributed by atoms with E-state index in [1.807, 2.05) is 24.3 Å². The summed E-state index contributed by atoms with van der Waals surface area (Å²) in [5.74, 6) is -0.897. The molecule has 1 aromatic carbocycles. The summed E-state index contributed by atoms with van der Waals surface area (Å²) in [4.78, 5) is 10.9. The first-order valence-corrected chi connectivity index (χ1v) is 5.67. The number of aromatic nitrogens is 1. The van der Waals surface area contributed by atoms with Crippen LogP contribution in [0.5, 0.6) is 0 Å². The van der Waals surface area contributed by atoms with Gasteiger partial charge in [-0.15, -0.1) is 0 Å². The van der Waals surface area contributed by atoms with Crippen LogP contribution in [0.25, 0.3) is 0 Å². The van der Waals surface area contributed by atoms with Crippen LogP contribution in [0.1, 0.15) is 16.1 Å². The molecule has 0 aliphatic heterocycles. The van der Waals surface area contributed by atoms with Crippen molar-refractivity contribution in [1.29, 1.82) is 0 Å². The number of aryl methyl sites for hydroxylation is 2. The number of rotatable bonds is 4. The number of carboxylic acid groups (broad SMARTS) is 1. The minimum atomic E-state index is -0.897. The lowest BCUT2D eigenvalue weighted by Gasteiger charge is -2.06. The molecule has 0 saturated carbocycles. The van der Waals surface area contributed by atoms with Gasteiger partial charge in [0.25, 0.3) is 0 Å². The number of halogens is 1. The smallest absolute Gasteiger partial charge is 0.352 e. The van der Waals surface area contributed by atoms with Crippen molar-refractivity contribution in [1.82, 2.24) is 4.57 Å². The van der Waals surface area contributed by atoms with Crippen molar-refractivity contribution in [2.45, 2.75) is 13.0 Å². The molecule has 17 heavy (non-hydrogen) atoms. The summed E-state index contributed by atoms with van der Waals surface area (Å²) in [5, 5.41) is 9.66. The second-order valence-electron chi connectivity index (χ2n) is 3.77. The largest absolute Gasteiger partial charge is 0.477 e. The highest BCUT2D eigenvalue weighted by Crippen LogP contribution is 2.11. The number of carboxylic acids is 1. The lowest BCUT2D eigenvalue weighted by Crippen LogP contribution is -2.09. The van der Waals surface area contributed by atoms with Gasteiger partial charge in [-0.25, -0.2) is 4.79 Å². The van der Waals surface area contributed by atoms with E-state index in [9.17, 15) is 4.79 Å². The summed E-state index contributed by atoms with van der Waals surface area (Å²) >= 11 is 5.80. The summed E-state index contributed by atoms with van der Waals surface area (Å²) in [6.45, 7) is 0.649. The van der Waals surface area contributed by atoms with Crippen LogP contribution in [0.4, 0.5) is 0 Å². The van der Waals surface area contributed by atoms with Gasteiger partial charge in [0.15, 0.2) is 0 Å². The van der Waals surface area contributed by atoms with E-state index in [-0.39, 0.29) is 0 Å². The van der Waals surface area contributed by atoms with E-state index in [0.717, 1.165) is 12.0 Å². The molecule has 0 unspecified atom stereocenters. The number of aromatic carboxylic acids is 1. The van der Waals surface area contributed by atoms with Crippen molar-refractivity contribution in [3.05, 3.63) is 58.9 Å². The molecule has 1 heterocycles. The monoisotopic (exact) mass is 249 g/mol. The maximum atomic E-state index is 10.9. The minimum Gasteiger partial charge on any atom is -0.477 e. The molecule has 3 nitrogen and oxygen atoms in total. The molecule has 0 aliphatic rings. The van der Waals surface area contributed by atoms with Crippen LogP contribution in [0, 0.1) is 0 Å². The van der Waals surface area contributed by atoms with Gasteiger partial charge in [-0.3, -0.25) is 0 Å². The Kier molecular flexibility index (Phi) is 3.49. The molecule has 0 atom stereocenters. The highest BCUT2D eigenvalue weighted by Gasteiger charge is 2.07. The Hall–Kier alpha value is -1.74. The Bertz CT molecular complexity index is 516. The van der Waals surface area contributed by atoms with Crippen LogP contribution in [0.15, 0.2) is 42.6 Å². The Morgan fingerprint density at radius 1 is 1.24 bits per heavy atom. The third-order valence-corrected chi connectivity index (χ3v) is 2.86. The Morgan fingerprint density at radius 3 is 2.59 bits per heavy atom. The van der Waals surface area contributed by atoms with Gasteiger partial charge >= 0.3 is 5.97 Å². The third kappa shape index (κ3) is 2.88. The van der Waals surface area contributed by atoms with Gasteiger partial charge in [0.05, 0.1) is 0 Å². The second-order valence-corrected chi connectivity index (χ2v) is 4.20. The van der Waals surface area contributed by atoms with E-state index in [1.54, 1.807) is 22.9 Å². The van der Waals surface area contributed by atoms with Crippen LogP contribution in [-0.4, -0.2) is 15.6 Å². The highest BCUT2D eigenvalue weighted by atomic mass is 35.5. The topological polar surface area (TPSA) is 42.2 Å². The first kappa shape index (κ1) is 11.7. The van der Waals surface area contributed by atoms with Gasteiger partial charge in [-0.05, 0) is 36.2 Å². The molecule has 2 rings (SSSR count). The number of hydrogen-bond donors (Lipinski definition) is 1. The molecule has 0 bridgehead atoms. The maximum absolute atomic E-state index is 10.9. The summed E-state index contributed by atoms with van der Waals surface area (Å²) < 4.78 is 1.73. The number of nitrogens with zero attached hydrogens (tertiary/aromatic N) is 1. The van der Waals surface area contributed by atoms with E-state index >= 15 is 0 Å². The lowest BCUT2D eigenvalue weighted by atomic mass is 10.1. The summed E-state index contributed by atoms with van der Waals surface area (Å²) in [7, 11) is 0. The van der Waals surface area contributed by atoms with E-state index in [0.29, 0.717) is 17.3 Å². The zero-order chi connectivity index (χ0) is 12.3. The Labute approximate surface area is 104 Å². The van der Waals surface area contributed by atoms with Crippen molar-refractivity contribution in [2.75, 3.05) is 0 Å². The zero-order valence-electron chi connectivity index (χ0n) is 9.14. The molecular formula is C13H12ClNO2. The van der Waals surface area contributed by atoms with Crippen molar-refractivity contribution >= 4 is 17.6 Å². The molecule has 0 fully saturated rings. The van der Waals surface area contributed by atoms with Gasteiger partial charge in [0, 0.05) is 17.8 Å². The molecule has 2 aromatic rings. The first-order chi connectivity index (χ1) is 8.16. The maximum Gasteiger partial charge on any atom is 0.352 e. The SMILES string of the molecule is O=C(O)c1cccn1CCc1ccc(Cl)cc1. The van der Waals surface area contributed by atoms with Gasteiger partial charge in [-0.2, -0.15) is 0 Å². The molecule has 1 N–H and O–H groups in total. The van der Waals surface area contributed by atoms with Crippen LogP contribution >= 0.6 is 11.6 Å². The fraction of sp³-hybridized carbons (Fsp3) is 0.154. The quantitative estimate of drug-likeness (QED) is 0.905. The van der Waals surface area contributed by atoms with Crippen LogP contribution in [-0.2, 0) is 13.0 Å². The van der Waals surface area contributed by atoms with Crippen molar-refractivity contribution in [2.24, 2.45) is 0 Å². The predicted octanol–water partition coefficient (Wildman–Crippen LogP) is 3.08. The fourth-order valence-electron chi connectivity index (χ4n) is 1.70. The van der Waals surface area contributed by atoms with E-state index in [2.05, 4.69) is 0 Å². The first-order valence-electron chi connectivity index (χ1n) is 5.30. The van der Waals surface area contributed by atoms with Gasteiger partial charge in [0.1, 0.15) is 5.69 Å². The molecule has 0 radical (unpaired) electrons. The summed E-state index contributed by atoms with van der Waals surface area (Å²) in [5.41, 5.74) is 1.46. The molecular weight excluding hydrogens is 238 g/mol. The standard InChI is InChI=1S/C13H12ClNO2/c14-11-5-3-10(4-6-11)7-9-15-8-1-2-12(15)13(16)17/h1-6,8H,7,9H2,(H,16,17). The van der Waals surface area contributed by atoms with Crippen LogP contribution in [0.3, 0.4) is 0 Å². The predicted molar refractivity (Wildman–Crippen MR) is 66.5 cm³/mol. The van der Waals surface area contributed by atoms with E-state index in [4.69, 9.17) is 16.7 Å². The second kappa shape index (κ2) is 5.06. The average Bonchev–Trinajstić information content (AvgIpc) is 2.76. The van der Waals surface area contributed by atoms with Crippen LogP contribution in [0.2, 0.25) is 5.02 Å². The Balaban J connectivity index is 2.05. The third-order valence-electron chi connectivity index (χ3n) is 2.60. The molecule has 88 valence electrons. The molecule has 1 aromatic heterocycles. The number of benzene rings is 1. The normalized spacial score (nSPS) is 10.4. The van der Waals surface area contributed by atoms with Gasteiger partial charge < -0.3 is 9.67 Å². The van der Waals surface area contributed by atoms with Crippen molar-refractivity contribution in [3.8, 4) is 0 Å².